The largest absolute Gasteiger partial charge is 0.438 e. The third kappa shape index (κ3) is 2.07. The summed E-state index contributed by atoms with van der Waals surface area (Å²) >= 11 is 0. The lowest BCUT2D eigenvalue weighted by Gasteiger charge is -2.41. The number of fused-ring (bicyclic) bond motifs is 11. The molecule has 5 saturated carbocycles. The van der Waals surface area contributed by atoms with E-state index < -0.39 is 0 Å². The van der Waals surface area contributed by atoms with Crippen LogP contribution in [0.5, 0.6) is 0 Å². The molecule has 9 atom stereocenters. The minimum absolute atomic E-state index is 0.0263. The lowest BCUT2D eigenvalue weighted by atomic mass is 9.63. The van der Waals surface area contributed by atoms with Crippen LogP contribution in [0.1, 0.15) is 58.3 Å². The van der Waals surface area contributed by atoms with Gasteiger partial charge in [-0.2, -0.15) is 0 Å². The lowest BCUT2D eigenvalue weighted by Crippen LogP contribution is -2.43. The molecule has 9 unspecified atom stereocenters. The topological polar surface area (TPSA) is 35.5 Å². The van der Waals surface area contributed by atoms with E-state index in [1.165, 1.54) is 44.9 Å². The number of hydrogen-bond acceptors (Lipinski definition) is 3. The minimum Gasteiger partial charge on any atom is -0.438 e. The van der Waals surface area contributed by atoms with E-state index in [9.17, 15) is 4.79 Å². The second kappa shape index (κ2) is 5.59. The van der Waals surface area contributed by atoms with Gasteiger partial charge < -0.3 is 9.47 Å². The van der Waals surface area contributed by atoms with Crippen molar-refractivity contribution in [3.63, 3.8) is 0 Å². The molecule has 0 saturated heterocycles. The molecule has 6 aliphatic rings. The van der Waals surface area contributed by atoms with Crippen LogP contribution in [0.2, 0.25) is 0 Å². The quantitative estimate of drug-likeness (QED) is 0.320. The van der Waals surface area contributed by atoms with Crippen LogP contribution < -0.4 is 0 Å². The van der Waals surface area contributed by atoms with Gasteiger partial charge in [0.05, 0.1) is 11.5 Å². The summed E-state index contributed by atoms with van der Waals surface area (Å²) in [4.78, 5) is 13.1. The SMILES string of the molecule is CC1(C(=O)OCOC2C3CCCC2CC3)CC2CC1C1C3C=CC(C3)C21. The summed E-state index contributed by atoms with van der Waals surface area (Å²) in [5.74, 6) is 5.90. The fourth-order valence-electron chi connectivity index (χ4n) is 8.61. The highest BCUT2D eigenvalue weighted by Crippen LogP contribution is 2.70. The van der Waals surface area contributed by atoms with Gasteiger partial charge in [0.25, 0.3) is 0 Å². The van der Waals surface area contributed by atoms with Crippen LogP contribution in [-0.2, 0) is 14.3 Å². The number of allylic oxidation sites excluding steroid dienone is 2. The molecule has 0 amide bonds. The molecule has 0 heterocycles. The highest BCUT2D eigenvalue weighted by Gasteiger charge is 2.67. The summed E-state index contributed by atoms with van der Waals surface area (Å²) in [5.41, 5.74) is -0.265. The van der Waals surface area contributed by atoms with Crippen LogP contribution in [0, 0.1) is 52.8 Å². The molecule has 6 rings (SSSR count). The average Bonchev–Trinajstić information content (AvgIpc) is 3.41. The van der Waals surface area contributed by atoms with Gasteiger partial charge >= 0.3 is 5.97 Å². The molecular formula is C23H32O3. The van der Waals surface area contributed by atoms with Crippen molar-refractivity contribution in [2.45, 2.75) is 64.4 Å². The molecule has 3 heteroatoms. The van der Waals surface area contributed by atoms with E-state index >= 15 is 0 Å². The molecule has 5 fully saturated rings. The van der Waals surface area contributed by atoms with E-state index in [2.05, 4.69) is 19.1 Å². The Kier molecular flexibility index (Phi) is 3.47. The normalized spacial score (nSPS) is 55.5. The summed E-state index contributed by atoms with van der Waals surface area (Å²) in [6.07, 6.45) is 15.5. The zero-order chi connectivity index (χ0) is 17.5. The van der Waals surface area contributed by atoms with Crippen LogP contribution >= 0.6 is 0 Å². The molecule has 0 aliphatic heterocycles. The first-order chi connectivity index (χ1) is 12.6. The first kappa shape index (κ1) is 16.2. The molecular weight excluding hydrogens is 324 g/mol. The molecule has 6 aliphatic carbocycles. The Morgan fingerprint density at radius 3 is 2.50 bits per heavy atom. The average molecular weight is 357 g/mol. The van der Waals surface area contributed by atoms with Crippen LogP contribution in [0.15, 0.2) is 12.2 Å². The molecule has 0 spiro atoms. The summed E-state index contributed by atoms with van der Waals surface area (Å²) in [6, 6.07) is 0. The van der Waals surface area contributed by atoms with E-state index in [0.29, 0.717) is 23.9 Å². The number of ether oxygens (including phenoxy) is 2. The van der Waals surface area contributed by atoms with Gasteiger partial charge in [0.15, 0.2) is 6.79 Å². The Bertz CT molecular complexity index is 625. The van der Waals surface area contributed by atoms with Gasteiger partial charge in [0, 0.05) is 0 Å². The third-order valence-electron chi connectivity index (χ3n) is 9.56. The van der Waals surface area contributed by atoms with Gasteiger partial charge in [-0.1, -0.05) is 18.6 Å². The molecule has 0 radical (unpaired) electrons. The smallest absolute Gasteiger partial charge is 0.314 e. The standard InChI is InChI=1S/C23H32O3/c1-23(11-17-10-18(23)20-16-8-7-15(9-16)19(17)20)22(24)26-12-25-21-13-3-2-4-14(21)6-5-13/h7-8,13-21H,2-6,9-12H2,1H3. The summed E-state index contributed by atoms with van der Waals surface area (Å²) in [6.45, 7) is 2.37. The molecule has 142 valence electrons. The van der Waals surface area contributed by atoms with Crippen LogP contribution in [0.25, 0.3) is 0 Å². The molecule has 0 aromatic rings. The summed E-state index contributed by atoms with van der Waals surface area (Å²) in [7, 11) is 0. The maximum atomic E-state index is 13.1. The van der Waals surface area contributed by atoms with E-state index in [1.54, 1.807) is 0 Å². The highest BCUT2D eigenvalue weighted by atomic mass is 16.7. The monoisotopic (exact) mass is 356 g/mol. The number of rotatable bonds is 4. The molecule has 6 bridgehead atoms. The van der Waals surface area contributed by atoms with Gasteiger partial charge in [-0.3, -0.25) is 4.79 Å². The first-order valence-electron chi connectivity index (χ1n) is 11.1. The fraction of sp³-hybridized carbons (Fsp3) is 0.870. The number of esters is 1. The molecule has 26 heavy (non-hydrogen) atoms. The second-order valence-corrected chi connectivity index (χ2v) is 10.5. The predicted octanol–water partition coefficient (Wildman–Crippen LogP) is 4.57. The highest BCUT2D eigenvalue weighted by molar-refractivity contribution is 5.77. The Morgan fingerprint density at radius 1 is 1.00 bits per heavy atom. The van der Waals surface area contributed by atoms with Crippen molar-refractivity contribution in [3.05, 3.63) is 12.2 Å². The van der Waals surface area contributed by atoms with Crippen molar-refractivity contribution < 1.29 is 14.3 Å². The number of hydrogen-bond donors (Lipinski definition) is 0. The van der Waals surface area contributed by atoms with Gasteiger partial charge in [0.1, 0.15) is 0 Å². The maximum absolute atomic E-state index is 13.1. The lowest BCUT2D eigenvalue weighted by molar-refractivity contribution is -0.182. The summed E-state index contributed by atoms with van der Waals surface area (Å²) < 4.78 is 11.9. The van der Waals surface area contributed by atoms with Crippen molar-refractivity contribution >= 4 is 5.97 Å². The van der Waals surface area contributed by atoms with Crippen molar-refractivity contribution in [2.24, 2.45) is 52.8 Å². The minimum atomic E-state index is -0.265. The number of carbonyl (C=O) groups excluding carboxylic acids is 1. The zero-order valence-electron chi connectivity index (χ0n) is 15.9. The van der Waals surface area contributed by atoms with Crippen molar-refractivity contribution in [2.75, 3.05) is 6.79 Å². The van der Waals surface area contributed by atoms with Gasteiger partial charge in [0.2, 0.25) is 0 Å². The zero-order valence-corrected chi connectivity index (χ0v) is 15.9. The number of carbonyl (C=O) groups is 1. The van der Waals surface area contributed by atoms with Crippen molar-refractivity contribution in [3.8, 4) is 0 Å². The van der Waals surface area contributed by atoms with Crippen molar-refractivity contribution in [1.82, 2.24) is 0 Å². The van der Waals surface area contributed by atoms with E-state index in [1.807, 2.05) is 0 Å². The van der Waals surface area contributed by atoms with Crippen LogP contribution in [0.3, 0.4) is 0 Å². The van der Waals surface area contributed by atoms with Gasteiger partial charge in [-0.25, -0.2) is 0 Å². The first-order valence-corrected chi connectivity index (χ1v) is 11.1. The Hall–Kier alpha value is -0.830. The van der Waals surface area contributed by atoms with Crippen LogP contribution in [0.4, 0.5) is 0 Å². The predicted molar refractivity (Wildman–Crippen MR) is 97.9 cm³/mol. The van der Waals surface area contributed by atoms with Gasteiger partial charge in [-0.15, -0.1) is 0 Å². The van der Waals surface area contributed by atoms with Crippen LogP contribution in [-0.4, -0.2) is 18.9 Å². The van der Waals surface area contributed by atoms with E-state index in [4.69, 9.17) is 9.47 Å². The van der Waals surface area contributed by atoms with Gasteiger partial charge in [-0.05, 0) is 99.2 Å². The Morgan fingerprint density at radius 2 is 1.73 bits per heavy atom. The molecule has 0 N–H and O–H groups in total. The summed E-state index contributed by atoms with van der Waals surface area (Å²) in [5, 5.41) is 0. The van der Waals surface area contributed by atoms with E-state index in [-0.39, 0.29) is 18.2 Å². The third-order valence-corrected chi connectivity index (χ3v) is 9.56. The molecule has 0 aromatic carbocycles. The molecule has 0 aromatic heterocycles. The van der Waals surface area contributed by atoms with E-state index in [0.717, 1.165) is 36.0 Å². The second-order valence-electron chi connectivity index (χ2n) is 10.5. The fourth-order valence-corrected chi connectivity index (χ4v) is 8.61. The maximum Gasteiger partial charge on any atom is 0.314 e. The Labute approximate surface area is 156 Å². The Balaban J connectivity index is 1.10. The molecule has 3 nitrogen and oxygen atoms in total. The van der Waals surface area contributed by atoms with Crippen molar-refractivity contribution in [1.29, 1.82) is 0 Å².